The maximum absolute atomic E-state index is 12.8. The van der Waals surface area contributed by atoms with Crippen molar-refractivity contribution in [3.63, 3.8) is 0 Å². The van der Waals surface area contributed by atoms with Crippen LogP contribution in [0.25, 0.3) is 10.6 Å². The van der Waals surface area contributed by atoms with Gasteiger partial charge in [0.15, 0.2) is 0 Å². The first-order valence-electron chi connectivity index (χ1n) is 7.43. The molecule has 122 valence electrons. The molecule has 1 atom stereocenters. The third-order valence-corrected chi connectivity index (χ3v) is 5.29. The highest BCUT2D eigenvalue weighted by Crippen LogP contribution is 2.33. The minimum absolute atomic E-state index is 0.0138. The Balaban J connectivity index is 1.86. The zero-order chi connectivity index (χ0) is 16.4. The van der Waals surface area contributed by atoms with Crippen LogP contribution in [0, 0.1) is 6.92 Å². The normalized spacial score (nSPS) is 18.2. The molecule has 1 aromatic carbocycles. The molecule has 1 aliphatic heterocycles. The van der Waals surface area contributed by atoms with Gasteiger partial charge in [-0.25, -0.2) is 4.98 Å². The highest BCUT2D eigenvalue weighted by atomic mass is 35.5. The summed E-state index contributed by atoms with van der Waals surface area (Å²) in [6, 6.07) is 7.52. The average molecular weight is 352 g/mol. The Kier molecular flexibility index (Phi) is 4.96. The maximum atomic E-state index is 12.8. The second-order valence-corrected chi connectivity index (χ2v) is 6.80. The summed E-state index contributed by atoms with van der Waals surface area (Å²) in [5, 5.41) is 1.40. The zero-order valence-electron chi connectivity index (χ0n) is 12.8. The lowest BCUT2D eigenvalue weighted by molar-refractivity contribution is -0.0166. The van der Waals surface area contributed by atoms with E-state index in [1.807, 2.05) is 31.2 Å². The average Bonchev–Trinajstić information content (AvgIpc) is 2.96. The number of ether oxygens (including phenoxy) is 1. The number of carbonyl (C=O) groups is 1. The van der Waals surface area contributed by atoms with Gasteiger partial charge < -0.3 is 15.4 Å². The predicted molar refractivity (Wildman–Crippen MR) is 92.0 cm³/mol. The van der Waals surface area contributed by atoms with Gasteiger partial charge in [0, 0.05) is 25.2 Å². The van der Waals surface area contributed by atoms with Crippen LogP contribution in [-0.4, -0.2) is 48.1 Å². The minimum Gasteiger partial charge on any atom is -0.373 e. The van der Waals surface area contributed by atoms with Crippen LogP contribution in [0.1, 0.15) is 15.4 Å². The van der Waals surface area contributed by atoms with Crippen molar-refractivity contribution in [2.45, 2.75) is 13.0 Å². The van der Waals surface area contributed by atoms with Crippen molar-refractivity contribution in [1.29, 1.82) is 0 Å². The number of aryl methyl sites for hydroxylation is 1. The van der Waals surface area contributed by atoms with Gasteiger partial charge in [-0.15, -0.1) is 11.3 Å². The van der Waals surface area contributed by atoms with Gasteiger partial charge in [0.25, 0.3) is 5.91 Å². The van der Waals surface area contributed by atoms with Gasteiger partial charge in [-0.05, 0) is 13.0 Å². The third-order valence-electron chi connectivity index (χ3n) is 3.78. The lowest BCUT2D eigenvalue weighted by Crippen LogP contribution is -2.48. The van der Waals surface area contributed by atoms with Crippen LogP contribution < -0.4 is 5.73 Å². The molecule has 1 fully saturated rings. The van der Waals surface area contributed by atoms with Gasteiger partial charge in [0.1, 0.15) is 9.88 Å². The van der Waals surface area contributed by atoms with Gasteiger partial charge in [-0.2, -0.15) is 0 Å². The number of benzene rings is 1. The van der Waals surface area contributed by atoms with Gasteiger partial charge in [0.05, 0.1) is 23.4 Å². The Labute approximate surface area is 144 Å². The SMILES string of the molecule is Cc1nc(-c2ccccc2Cl)sc1C(=O)N1CCOC(CN)C1. The fraction of sp³-hybridized carbons (Fsp3) is 0.375. The van der Waals surface area contributed by atoms with Crippen LogP contribution >= 0.6 is 22.9 Å². The Hall–Kier alpha value is -1.47. The number of rotatable bonds is 3. The minimum atomic E-state index is -0.0936. The molecular weight excluding hydrogens is 334 g/mol. The van der Waals surface area contributed by atoms with Crippen molar-refractivity contribution in [1.82, 2.24) is 9.88 Å². The molecule has 2 heterocycles. The van der Waals surface area contributed by atoms with Gasteiger partial charge in [-0.1, -0.05) is 29.8 Å². The zero-order valence-corrected chi connectivity index (χ0v) is 14.4. The second kappa shape index (κ2) is 6.97. The predicted octanol–water partition coefficient (Wildman–Crippen LogP) is 2.57. The summed E-state index contributed by atoms with van der Waals surface area (Å²) < 4.78 is 5.52. The summed E-state index contributed by atoms with van der Waals surface area (Å²) in [7, 11) is 0. The molecule has 1 unspecified atom stereocenters. The number of carbonyl (C=O) groups excluding carboxylic acids is 1. The molecule has 2 N–H and O–H groups in total. The second-order valence-electron chi connectivity index (χ2n) is 5.39. The van der Waals surface area contributed by atoms with Crippen LogP contribution in [-0.2, 0) is 4.74 Å². The van der Waals surface area contributed by atoms with Crippen LogP contribution in [0.2, 0.25) is 5.02 Å². The van der Waals surface area contributed by atoms with Crippen LogP contribution in [0.3, 0.4) is 0 Å². The maximum Gasteiger partial charge on any atom is 0.266 e. The van der Waals surface area contributed by atoms with Gasteiger partial charge >= 0.3 is 0 Å². The molecule has 0 saturated carbocycles. The molecule has 23 heavy (non-hydrogen) atoms. The largest absolute Gasteiger partial charge is 0.373 e. The van der Waals surface area contributed by atoms with Crippen molar-refractivity contribution >= 4 is 28.8 Å². The van der Waals surface area contributed by atoms with Crippen molar-refractivity contribution in [2.75, 3.05) is 26.2 Å². The van der Waals surface area contributed by atoms with Crippen LogP contribution in [0.4, 0.5) is 0 Å². The van der Waals surface area contributed by atoms with E-state index in [1.165, 1.54) is 11.3 Å². The first kappa shape index (κ1) is 16.4. The van der Waals surface area contributed by atoms with E-state index in [4.69, 9.17) is 22.1 Å². The van der Waals surface area contributed by atoms with E-state index in [0.29, 0.717) is 36.1 Å². The van der Waals surface area contributed by atoms with Gasteiger partial charge in [-0.3, -0.25) is 4.79 Å². The molecule has 3 rings (SSSR count). The number of nitrogens with two attached hydrogens (primary N) is 1. The van der Waals surface area contributed by atoms with Gasteiger partial charge in [0.2, 0.25) is 0 Å². The number of halogens is 1. The molecule has 5 nitrogen and oxygen atoms in total. The molecule has 2 aromatic rings. The number of amides is 1. The summed E-state index contributed by atoms with van der Waals surface area (Å²) in [6.07, 6.45) is -0.0936. The number of hydrogen-bond donors (Lipinski definition) is 1. The number of aromatic nitrogens is 1. The lowest BCUT2D eigenvalue weighted by Gasteiger charge is -2.32. The Morgan fingerprint density at radius 2 is 2.30 bits per heavy atom. The Morgan fingerprint density at radius 3 is 3.04 bits per heavy atom. The number of hydrogen-bond acceptors (Lipinski definition) is 5. The van der Waals surface area contributed by atoms with Crippen molar-refractivity contribution in [2.24, 2.45) is 5.73 Å². The van der Waals surface area contributed by atoms with E-state index >= 15 is 0 Å². The summed E-state index contributed by atoms with van der Waals surface area (Å²) in [5.74, 6) is -0.0138. The quantitative estimate of drug-likeness (QED) is 0.922. The molecule has 0 bridgehead atoms. The van der Waals surface area contributed by atoms with E-state index in [1.54, 1.807) is 4.90 Å². The summed E-state index contributed by atoms with van der Waals surface area (Å²) >= 11 is 7.61. The molecule has 1 amide bonds. The van der Waals surface area contributed by atoms with E-state index in [9.17, 15) is 4.79 Å². The molecular formula is C16H18ClN3O2S. The lowest BCUT2D eigenvalue weighted by atomic mass is 10.2. The Bertz CT molecular complexity index is 719. The molecule has 1 aliphatic rings. The van der Waals surface area contributed by atoms with Crippen molar-refractivity contribution < 1.29 is 9.53 Å². The standard InChI is InChI=1S/C16H18ClN3O2S/c1-10-14(16(21)20-6-7-22-11(8-18)9-20)23-15(19-10)12-4-2-3-5-13(12)17/h2-5,11H,6-9,18H2,1H3. The molecule has 1 saturated heterocycles. The number of nitrogens with zero attached hydrogens (tertiary/aromatic N) is 2. The van der Waals surface area contributed by atoms with E-state index < -0.39 is 0 Å². The highest BCUT2D eigenvalue weighted by molar-refractivity contribution is 7.17. The molecule has 1 aromatic heterocycles. The monoisotopic (exact) mass is 351 g/mol. The fourth-order valence-electron chi connectivity index (χ4n) is 2.53. The Morgan fingerprint density at radius 1 is 1.52 bits per heavy atom. The van der Waals surface area contributed by atoms with E-state index in [-0.39, 0.29) is 12.0 Å². The summed E-state index contributed by atoms with van der Waals surface area (Å²) in [5.41, 5.74) is 7.22. The first-order chi connectivity index (χ1) is 11.1. The van der Waals surface area contributed by atoms with Crippen molar-refractivity contribution in [3.05, 3.63) is 39.9 Å². The number of thiazole rings is 1. The molecule has 7 heteroatoms. The topological polar surface area (TPSA) is 68.5 Å². The van der Waals surface area contributed by atoms with Crippen LogP contribution in [0.5, 0.6) is 0 Å². The smallest absolute Gasteiger partial charge is 0.266 e. The van der Waals surface area contributed by atoms with Crippen molar-refractivity contribution in [3.8, 4) is 10.6 Å². The summed E-state index contributed by atoms with van der Waals surface area (Å²) in [6.45, 7) is 3.88. The third kappa shape index (κ3) is 3.40. The number of morpholine rings is 1. The fourth-order valence-corrected chi connectivity index (χ4v) is 3.89. The molecule has 0 radical (unpaired) electrons. The van der Waals surface area contributed by atoms with E-state index in [0.717, 1.165) is 16.3 Å². The highest BCUT2D eigenvalue weighted by Gasteiger charge is 2.27. The van der Waals surface area contributed by atoms with E-state index in [2.05, 4.69) is 4.98 Å². The molecule has 0 spiro atoms. The first-order valence-corrected chi connectivity index (χ1v) is 8.63. The summed E-state index contributed by atoms with van der Waals surface area (Å²) in [4.78, 5) is 19.7. The molecule has 0 aliphatic carbocycles. The van der Waals surface area contributed by atoms with Crippen LogP contribution in [0.15, 0.2) is 24.3 Å².